The Morgan fingerprint density at radius 3 is 2.87 bits per heavy atom. The van der Waals surface area contributed by atoms with E-state index in [9.17, 15) is 0 Å². The van der Waals surface area contributed by atoms with Gasteiger partial charge < -0.3 is 9.64 Å². The third-order valence-electron chi connectivity index (χ3n) is 1.91. The molecular weight excluding hydrogens is 298 g/mol. The molecule has 0 aliphatic carbocycles. The van der Waals surface area contributed by atoms with Crippen molar-refractivity contribution in [2.75, 3.05) is 27.3 Å². The molecule has 1 aromatic heterocycles. The van der Waals surface area contributed by atoms with E-state index in [2.05, 4.69) is 33.9 Å². The van der Waals surface area contributed by atoms with Crippen molar-refractivity contribution >= 4 is 38.9 Å². The molecule has 0 N–H and O–H groups in total. The maximum atomic E-state index is 5.87. The molecule has 5 heteroatoms. The summed E-state index contributed by atoms with van der Waals surface area (Å²) in [5.74, 6) is 0. The SMILES string of the molecule is COCC(Br)CN(C)Cc1ccc(Cl)s1. The number of halogens is 2. The van der Waals surface area contributed by atoms with Crippen LogP contribution >= 0.6 is 38.9 Å². The highest BCUT2D eigenvalue weighted by molar-refractivity contribution is 9.09. The van der Waals surface area contributed by atoms with Crippen LogP contribution in [0.15, 0.2) is 12.1 Å². The number of thiophene rings is 1. The zero-order chi connectivity index (χ0) is 11.3. The summed E-state index contributed by atoms with van der Waals surface area (Å²) in [7, 11) is 3.81. The first-order chi connectivity index (χ1) is 7.11. The highest BCUT2D eigenvalue weighted by Gasteiger charge is 2.09. The summed E-state index contributed by atoms with van der Waals surface area (Å²) in [5.41, 5.74) is 0. The number of ether oxygens (including phenoxy) is 1. The smallest absolute Gasteiger partial charge is 0.0931 e. The molecule has 1 rings (SSSR count). The topological polar surface area (TPSA) is 12.5 Å². The maximum Gasteiger partial charge on any atom is 0.0931 e. The molecule has 1 atom stereocenters. The Kier molecular flexibility index (Phi) is 6.16. The molecule has 0 aliphatic rings. The largest absolute Gasteiger partial charge is 0.383 e. The third-order valence-corrected chi connectivity index (χ3v) is 3.68. The van der Waals surface area contributed by atoms with E-state index >= 15 is 0 Å². The van der Waals surface area contributed by atoms with Gasteiger partial charge in [-0.2, -0.15) is 0 Å². The van der Waals surface area contributed by atoms with Gasteiger partial charge in [0, 0.05) is 25.1 Å². The van der Waals surface area contributed by atoms with Gasteiger partial charge in [-0.3, -0.25) is 0 Å². The molecule has 0 aliphatic heterocycles. The molecule has 86 valence electrons. The van der Waals surface area contributed by atoms with Crippen LogP contribution in [0.3, 0.4) is 0 Å². The monoisotopic (exact) mass is 311 g/mol. The molecule has 15 heavy (non-hydrogen) atoms. The van der Waals surface area contributed by atoms with Gasteiger partial charge in [0.2, 0.25) is 0 Å². The number of alkyl halides is 1. The minimum Gasteiger partial charge on any atom is -0.383 e. The molecule has 0 radical (unpaired) electrons. The van der Waals surface area contributed by atoms with Crippen molar-refractivity contribution in [2.24, 2.45) is 0 Å². The predicted molar refractivity (Wildman–Crippen MR) is 70.3 cm³/mol. The van der Waals surface area contributed by atoms with Gasteiger partial charge in [0.15, 0.2) is 0 Å². The van der Waals surface area contributed by atoms with E-state index in [-0.39, 0.29) is 0 Å². The summed E-state index contributed by atoms with van der Waals surface area (Å²) in [6.45, 7) is 2.63. The van der Waals surface area contributed by atoms with E-state index in [1.54, 1.807) is 18.4 Å². The van der Waals surface area contributed by atoms with E-state index < -0.39 is 0 Å². The first kappa shape index (κ1) is 13.5. The zero-order valence-corrected chi connectivity index (χ0v) is 12.0. The van der Waals surface area contributed by atoms with Crippen molar-refractivity contribution in [3.05, 3.63) is 21.3 Å². The highest BCUT2D eigenvalue weighted by atomic mass is 79.9. The highest BCUT2D eigenvalue weighted by Crippen LogP contribution is 2.22. The van der Waals surface area contributed by atoms with Crippen molar-refractivity contribution in [3.63, 3.8) is 0 Å². The molecule has 0 bridgehead atoms. The van der Waals surface area contributed by atoms with E-state index in [1.807, 2.05) is 6.07 Å². The van der Waals surface area contributed by atoms with Gasteiger partial charge in [-0.05, 0) is 19.2 Å². The van der Waals surface area contributed by atoms with Crippen LogP contribution in [-0.2, 0) is 11.3 Å². The lowest BCUT2D eigenvalue weighted by atomic mass is 10.4. The number of methoxy groups -OCH3 is 1. The fraction of sp³-hybridized carbons (Fsp3) is 0.600. The second-order valence-corrected chi connectivity index (χ2v) is 6.55. The van der Waals surface area contributed by atoms with Crippen LogP contribution in [0.25, 0.3) is 0 Å². The Morgan fingerprint density at radius 1 is 1.60 bits per heavy atom. The second-order valence-electron chi connectivity index (χ2n) is 3.46. The normalized spacial score (nSPS) is 13.4. The third kappa shape index (κ3) is 5.31. The summed E-state index contributed by atoms with van der Waals surface area (Å²) in [5, 5.41) is 0. The van der Waals surface area contributed by atoms with Gasteiger partial charge in [-0.15, -0.1) is 11.3 Å². The summed E-state index contributed by atoms with van der Waals surface area (Å²) < 4.78 is 5.92. The fourth-order valence-electron chi connectivity index (χ4n) is 1.34. The van der Waals surface area contributed by atoms with Crippen molar-refractivity contribution in [1.29, 1.82) is 0 Å². The average Bonchev–Trinajstić information content (AvgIpc) is 2.51. The number of hydrogen-bond donors (Lipinski definition) is 0. The van der Waals surface area contributed by atoms with Crippen LogP contribution < -0.4 is 0 Å². The number of hydrogen-bond acceptors (Lipinski definition) is 3. The number of nitrogens with zero attached hydrogens (tertiary/aromatic N) is 1. The predicted octanol–water partition coefficient (Wildman–Crippen LogP) is 3.24. The molecule has 0 spiro atoms. The molecule has 0 saturated heterocycles. The van der Waals surface area contributed by atoms with Crippen molar-refractivity contribution in [3.8, 4) is 0 Å². The number of rotatable bonds is 6. The Hall–Kier alpha value is 0.390. The Balaban J connectivity index is 2.32. The van der Waals surface area contributed by atoms with Gasteiger partial charge >= 0.3 is 0 Å². The first-order valence-electron chi connectivity index (χ1n) is 4.67. The van der Waals surface area contributed by atoms with Crippen LogP contribution in [0.2, 0.25) is 4.34 Å². The van der Waals surface area contributed by atoms with E-state index in [0.29, 0.717) is 4.83 Å². The summed E-state index contributed by atoms with van der Waals surface area (Å²) in [6.07, 6.45) is 0. The molecule has 0 saturated carbocycles. The minimum atomic E-state index is 0.378. The van der Waals surface area contributed by atoms with Gasteiger partial charge in [0.05, 0.1) is 15.8 Å². The minimum absolute atomic E-state index is 0.378. The first-order valence-corrected chi connectivity index (χ1v) is 6.78. The molecule has 0 fully saturated rings. The van der Waals surface area contributed by atoms with Crippen LogP contribution in [-0.4, -0.2) is 37.0 Å². The van der Waals surface area contributed by atoms with Crippen molar-refractivity contribution < 1.29 is 4.74 Å². The summed E-state index contributed by atoms with van der Waals surface area (Å²) in [6, 6.07) is 4.01. The average molecular weight is 313 g/mol. The molecule has 1 unspecified atom stereocenters. The lowest BCUT2D eigenvalue weighted by Crippen LogP contribution is -2.27. The van der Waals surface area contributed by atoms with Crippen LogP contribution in [0.4, 0.5) is 0 Å². The van der Waals surface area contributed by atoms with Gasteiger partial charge in [0.25, 0.3) is 0 Å². The van der Waals surface area contributed by atoms with Crippen LogP contribution in [0, 0.1) is 0 Å². The molecular formula is C10H15BrClNOS. The lowest BCUT2D eigenvalue weighted by molar-refractivity contribution is 0.185. The molecule has 0 amide bonds. The standard InChI is InChI=1S/C10H15BrClNOS/c1-13(5-8(11)7-14-2)6-9-3-4-10(12)15-9/h3-4,8H,5-7H2,1-2H3. The van der Waals surface area contributed by atoms with E-state index in [0.717, 1.165) is 24.0 Å². The van der Waals surface area contributed by atoms with Crippen molar-refractivity contribution in [2.45, 2.75) is 11.4 Å². The molecule has 2 nitrogen and oxygen atoms in total. The Morgan fingerprint density at radius 2 is 2.33 bits per heavy atom. The van der Waals surface area contributed by atoms with Crippen LogP contribution in [0.1, 0.15) is 4.88 Å². The molecule has 1 heterocycles. The molecule has 1 aromatic rings. The van der Waals surface area contributed by atoms with Gasteiger partial charge in [-0.1, -0.05) is 27.5 Å². The van der Waals surface area contributed by atoms with Crippen LogP contribution in [0.5, 0.6) is 0 Å². The zero-order valence-electron chi connectivity index (χ0n) is 8.87. The van der Waals surface area contributed by atoms with Crippen molar-refractivity contribution in [1.82, 2.24) is 4.90 Å². The maximum absolute atomic E-state index is 5.87. The van der Waals surface area contributed by atoms with E-state index in [1.165, 1.54) is 4.88 Å². The Bertz CT molecular complexity index is 295. The second kappa shape index (κ2) is 6.86. The summed E-state index contributed by atoms with van der Waals surface area (Å²) >= 11 is 11.1. The quantitative estimate of drug-likeness (QED) is 0.748. The van der Waals surface area contributed by atoms with Gasteiger partial charge in [-0.25, -0.2) is 0 Å². The fourth-order valence-corrected chi connectivity index (χ4v) is 3.27. The summed E-state index contributed by atoms with van der Waals surface area (Å²) in [4.78, 5) is 3.92. The van der Waals surface area contributed by atoms with E-state index in [4.69, 9.17) is 16.3 Å². The molecule has 0 aromatic carbocycles. The Labute approximate surface area is 108 Å². The van der Waals surface area contributed by atoms with Gasteiger partial charge in [0.1, 0.15) is 0 Å². The lowest BCUT2D eigenvalue weighted by Gasteiger charge is -2.18.